The van der Waals surface area contributed by atoms with Gasteiger partial charge in [0, 0.05) is 12.0 Å². The minimum atomic E-state index is -0.977. The second kappa shape index (κ2) is 4.11. The van der Waals surface area contributed by atoms with Crippen LogP contribution in [0.3, 0.4) is 0 Å². The van der Waals surface area contributed by atoms with Crippen molar-refractivity contribution in [3.05, 3.63) is 23.8 Å². The van der Waals surface area contributed by atoms with Crippen molar-refractivity contribution in [1.29, 1.82) is 0 Å². The lowest BCUT2D eigenvalue weighted by atomic mass is 9.98. The Morgan fingerprint density at radius 3 is 2.62 bits per heavy atom. The average molecular weight is 182 g/mol. The van der Waals surface area contributed by atoms with Gasteiger partial charge < -0.3 is 10.2 Å². The van der Waals surface area contributed by atoms with Crippen molar-refractivity contribution in [3.8, 4) is 0 Å². The van der Waals surface area contributed by atoms with Crippen LogP contribution in [0.2, 0.25) is 0 Å². The van der Waals surface area contributed by atoms with Crippen LogP contribution in [-0.2, 0) is 9.59 Å². The molecule has 0 saturated carbocycles. The van der Waals surface area contributed by atoms with Crippen molar-refractivity contribution >= 4 is 11.6 Å². The number of aliphatic hydroxyl groups excluding tert-OH is 2. The third-order valence-electron chi connectivity index (χ3n) is 1.70. The Bertz CT molecular complexity index is 288. The predicted octanol–water partition coefficient (Wildman–Crippen LogP) is -0.636. The number of hydrogen-bond acceptors (Lipinski definition) is 4. The summed E-state index contributed by atoms with van der Waals surface area (Å²) in [6, 6.07) is 0. The second-order valence-electron chi connectivity index (χ2n) is 2.81. The number of hydrogen-bond donors (Lipinski definition) is 2. The second-order valence-corrected chi connectivity index (χ2v) is 2.81. The molecule has 1 aliphatic carbocycles. The Hall–Kier alpha value is -1.26. The van der Waals surface area contributed by atoms with E-state index in [1.807, 2.05) is 0 Å². The van der Waals surface area contributed by atoms with Crippen molar-refractivity contribution in [3.63, 3.8) is 0 Å². The maximum atomic E-state index is 11.1. The number of allylic oxidation sites excluding steroid dienone is 3. The molecule has 0 radical (unpaired) electrons. The number of ketones is 2. The van der Waals surface area contributed by atoms with Crippen molar-refractivity contribution in [1.82, 2.24) is 0 Å². The predicted molar refractivity (Wildman–Crippen MR) is 44.9 cm³/mol. The van der Waals surface area contributed by atoms with E-state index in [1.165, 1.54) is 18.2 Å². The van der Waals surface area contributed by atoms with Crippen LogP contribution in [0.1, 0.15) is 6.42 Å². The lowest BCUT2D eigenvalue weighted by Gasteiger charge is -2.09. The molecule has 0 bridgehead atoms. The van der Waals surface area contributed by atoms with Gasteiger partial charge in [0.1, 0.15) is 0 Å². The first-order chi connectivity index (χ1) is 6.13. The van der Waals surface area contributed by atoms with E-state index < -0.39 is 12.7 Å². The highest BCUT2D eigenvalue weighted by Gasteiger charge is 2.16. The quantitative estimate of drug-likeness (QED) is 0.569. The highest BCUT2D eigenvalue weighted by atomic mass is 16.3. The molecule has 1 unspecified atom stereocenters. The van der Waals surface area contributed by atoms with Gasteiger partial charge in [-0.2, -0.15) is 0 Å². The summed E-state index contributed by atoms with van der Waals surface area (Å²) >= 11 is 0. The summed E-state index contributed by atoms with van der Waals surface area (Å²) in [7, 11) is 0. The summed E-state index contributed by atoms with van der Waals surface area (Å²) < 4.78 is 0. The minimum Gasteiger partial charge on any atom is -0.394 e. The largest absolute Gasteiger partial charge is 0.394 e. The zero-order valence-electron chi connectivity index (χ0n) is 6.93. The van der Waals surface area contributed by atoms with Gasteiger partial charge in [0.25, 0.3) is 0 Å². The molecule has 0 amide bonds. The van der Waals surface area contributed by atoms with E-state index in [9.17, 15) is 9.59 Å². The van der Waals surface area contributed by atoms with Gasteiger partial charge in [-0.25, -0.2) is 0 Å². The fourth-order valence-corrected chi connectivity index (χ4v) is 1.03. The van der Waals surface area contributed by atoms with E-state index in [1.54, 1.807) is 0 Å². The number of carbonyl (C=O) groups excluding carboxylic acids is 2. The molecule has 70 valence electrons. The summed E-state index contributed by atoms with van der Waals surface area (Å²) in [5, 5.41) is 17.6. The molecule has 1 rings (SSSR count). The van der Waals surface area contributed by atoms with E-state index in [-0.39, 0.29) is 23.6 Å². The summed E-state index contributed by atoms with van der Waals surface area (Å²) in [5.41, 5.74) is 0.244. The fourth-order valence-electron chi connectivity index (χ4n) is 1.03. The van der Waals surface area contributed by atoms with Gasteiger partial charge in [-0.3, -0.25) is 9.59 Å². The molecule has 0 aromatic carbocycles. The molecule has 1 atom stereocenters. The van der Waals surface area contributed by atoms with E-state index in [0.717, 1.165) is 0 Å². The van der Waals surface area contributed by atoms with Gasteiger partial charge >= 0.3 is 0 Å². The zero-order valence-corrected chi connectivity index (χ0v) is 6.93. The summed E-state index contributed by atoms with van der Waals surface area (Å²) in [4.78, 5) is 21.9. The first-order valence-corrected chi connectivity index (χ1v) is 3.89. The van der Waals surface area contributed by atoms with Crippen molar-refractivity contribution in [2.45, 2.75) is 12.5 Å². The molecule has 0 saturated heterocycles. The Kier molecular flexibility index (Phi) is 3.11. The van der Waals surface area contributed by atoms with Crippen LogP contribution in [0.5, 0.6) is 0 Å². The Morgan fingerprint density at radius 1 is 1.31 bits per heavy atom. The van der Waals surface area contributed by atoms with E-state index in [2.05, 4.69) is 0 Å². The van der Waals surface area contributed by atoms with Gasteiger partial charge in [0.2, 0.25) is 0 Å². The van der Waals surface area contributed by atoms with Crippen LogP contribution in [0.15, 0.2) is 23.8 Å². The average Bonchev–Trinajstić information content (AvgIpc) is 2.11. The SMILES string of the molecule is O=C1C=CC(=O)C(CC(O)CO)=C1. The smallest absolute Gasteiger partial charge is 0.182 e. The Morgan fingerprint density at radius 2 is 2.00 bits per heavy atom. The van der Waals surface area contributed by atoms with Gasteiger partial charge in [-0.1, -0.05) is 0 Å². The van der Waals surface area contributed by atoms with Crippen LogP contribution in [0.25, 0.3) is 0 Å². The standard InChI is InChI=1S/C9H10O4/c10-5-8(12)4-6-3-7(11)1-2-9(6)13/h1-3,8,10,12H,4-5H2. The normalized spacial score (nSPS) is 18.8. The number of carbonyl (C=O) groups is 2. The van der Waals surface area contributed by atoms with Crippen molar-refractivity contribution in [2.24, 2.45) is 0 Å². The van der Waals surface area contributed by atoms with Gasteiger partial charge in [-0.15, -0.1) is 0 Å². The maximum absolute atomic E-state index is 11.1. The van der Waals surface area contributed by atoms with E-state index in [4.69, 9.17) is 10.2 Å². The molecule has 4 nitrogen and oxygen atoms in total. The molecule has 0 aromatic rings. The van der Waals surface area contributed by atoms with E-state index >= 15 is 0 Å². The lowest BCUT2D eigenvalue weighted by molar-refractivity contribution is -0.114. The molecule has 0 spiro atoms. The molecule has 0 aliphatic heterocycles. The van der Waals surface area contributed by atoms with Gasteiger partial charge in [0.05, 0.1) is 12.7 Å². The molecule has 0 fully saturated rings. The Labute approximate surface area is 75.2 Å². The third-order valence-corrected chi connectivity index (χ3v) is 1.70. The van der Waals surface area contributed by atoms with Crippen LogP contribution in [0, 0.1) is 0 Å². The van der Waals surface area contributed by atoms with Crippen LogP contribution >= 0.6 is 0 Å². The first kappa shape index (κ1) is 9.83. The van der Waals surface area contributed by atoms with E-state index in [0.29, 0.717) is 0 Å². The van der Waals surface area contributed by atoms with Crippen molar-refractivity contribution < 1.29 is 19.8 Å². The molecule has 0 aromatic heterocycles. The fraction of sp³-hybridized carbons (Fsp3) is 0.333. The van der Waals surface area contributed by atoms with Crippen LogP contribution in [0.4, 0.5) is 0 Å². The molecule has 0 heterocycles. The minimum absolute atomic E-state index is 0.0193. The van der Waals surface area contributed by atoms with Crippen LogP contribution in [-0.4, -0.2) is 34.5 Å². The lowest BCUT2D eigenvalue weighted by Crippen LogP contribution is -2.17. The first-order valence-electron chi connectivity index (χ1n) is 3.89. The monoisotopic (exact) mass is 182 g/mol. The van der Waals surface area contributed by atoms with Gasteiger partial charge in [0.15, 0.2) is 11.6 Å². The Balaban J connectivity index is 2.68. The molecule has 4 heteroatoms. The van der Waals surface area contributed by atoms with Crippen molar-refractivity contribution in [2.75, 3.05) is 6.61 Å². The molecule has 13 heavy (non-hydrogen) atoms. The number of rotatable bonds is 3. The molecular formula is C9H10O4. The van der Waals surface area contributed by atoms with Gasteiger partial charge in [-0.05, 0) is 18.2 Å². The summed E-state index contributed by atoms with van der Waals surface area (Å²) in [6.07, 6.45) is 2.57. The zero-order chi connectivity index (χ0) is 9.84. The number of aliphatic hydroxyl groups is 2. The molecule has 2 N–H and O–H groups in total. The molecule has 1 aliphatic rings. The summed E-state index contributed by atoms with van der Waals surface area (Å²) in [5.74, 6) is -0.549. The maximum Gasteiger partial charge on any atom is 0.182 e. The third kappa shape index (κ3) is 2.61. The highest BCUT2D eigenvalue weighted by molar-refractivity contribution is 6.17. The molecular weight excluding hydrogens is 172 g/mol. The highest BCUT2D eigenvalue weighted by Crippen LogP contribution is 2.11. The summed E-state index contributed by atoms with van der Waals surface area (Å²) in [6.45, 7) is -0.414. The topological polar surface area (TPSA) is 74.6 Å². The van der Waals surface area contributed by atoms with Crippen LogP contribution < -0.4 is 0 Å².